The predicted molar refractivity (Wildman–Crippen MR) is 73.9 cm³/mol. The molecule has 0 amide bonds. The maximum absolute atomic E-state index is 12.0. The lowest BCUT2D eigenvalue weighted by atomic mass is 9.95. The topological polar surface area (TPSA) is 17.1 Å². The van der Waals surface area contributed by atoms with E-state index >= 15 is 0 Å². The van der Waals surface area contributed by atoms with Crippen LogP contribution in [0.25, 0.3) is 0 Å². The molecule has 0 unspecified atom stereocenters. The van der Waals surface area contributed by atoms with E-state index in [2.05, 4.69) is 30.4 Å². The second kappa shape index (κ2) is 8.05. The molecule has 0 aromatic carbocycles. The molecule has 0 aromatic rings. The average molecular weight is 232 g/mol. The van der Waals surface area contributed by atoms with E-state index in [4.69, 9.17) is 0 Å². The molecule has 0 N–H and O–H groups in total. The van der Waals surface area contributed by atoms with Crippen molar-refractivity contribution in [3.63, 3.8) is 0 Å². The van der Waals surface area contributed by atoms with Crippen molar-refractivity contribution >= 4 is 5.78 Å². The van der Waals surface area contributed by atoms with Crippen molar-refractivity contribution in [1.82, 2.24) is 0 Å². The van der Waals surface area contributed by atoms with Crippen LogP contribution in [0, 0.1) is 5.92 Å². The van der Waals surface area contributed by atoms with Crippen LogP contribution in [-0.4, -0.2) is 5.78 Å². The van der Waals surface area contributed by atoms with Gasteiger partial charge in [0.15, 0.2) is 5.78 Å². The normalized spacial score (nSPS) is 18.4. The fourth-order valence-corrected chi connectivity index (χ4v) is 1.95. The Morgan fingerprint density at radius 2 is 1.47 bits per heavy atom. The number of allylic oxidation sites excluding steroid dienone is 6. The van der Waals surface area contributed by atoms with Crippen molar-refractivity contribution in [1.29, 1.82) is 0 Å². The third-order valence-corrected chi connectivity index (χ3v) is 2.98. The molecule has 0 atom stereocenters. The van der Waals surface area contributed by atoms with E-state index in [1.807, 2.05) is 13.8 Å². The number of hydrogen-bond acceptors (Lipinski definition) is 1. The van der Waals surface area contributed by atoms with Gasteiger partial charge in [-0.15, -0.1) is 0 Å². The summed E-state index contributed by atoms with van der Waals surface area (Å²) in [6.45, 7) is 3.96. The number of hydrogen-bond donors (Lipinski definition) is 0. The average Bonchev–Trinajstić information content (AvgIpc) is 2.29. The van der Waals surface area contributed by atoms with Gasteiger partial charge in [-0.2, -0.15) is 0 Å². The molecule has 1 aliphatic rings. The Morgan fingerprint density at radius 3 is 2.06 bits per heavy atom. The van der Waals surface area contributed by atoms with Gasteiger partial charge in [-0.3, -0.25) is 4.79 Å². The zero-order valence-corrected chi connectivity index (χ0v) is 11.1. The maximum Gasteiger partial charge on any atom is 0.161 e. The number of rotatable bonds is 2. The second-order valence-electron chi connectivity index (χ2n) is 4.88. The first kappa shape index (κ1) is 14.0. The lowest BCUT2D eigenvalue weighted by Gasteiger charge is -2.08. The number of carbonyl (C=O) groups excluding carboxylic acids is 1. The molecular formula is C16H24O. The molecule has 94 valence electrons. The summed E-state index contributed by atoms with van der Waals surface area (Å²) < 4.78 is 0. The molecule has 0 saturated carbocycles. The number of Topliss-reactive ketones (excluding diaryl/α,β-unsaturated/α-hetero) is 1. The third kappa shape index (κ3) is 5.67. The van der Waals surface area contributed by atoms with Crippen LogP contribution in [0.5, 0.6) is 0 Å². The molecule has 0 spiro atoms. The molecule has 0 aliphatic heterocycles. The molecule has 0 bridgehead atoms. The van der Waals surface area contributed by atoms with Crippen LogP contribution in [-0.2, 0) is 4.79 Å². The summed E-state index contributed by atoms with van der Waals surface area (Å²) in [5.74, 6) is 0.438. The summed E-state index contributed by atoms with van der Waals surface area (Å²) in [6.07, 6.45) is 17.2. The molecule has 1 nitrogen and oxygen atoms in total. The van der Waals surface area contributed by atoms with Crippen LogP contribution in [0.4, 0.5) is 0 Å². The van der Waals surface area contributed by atoms with E-state index in [1.165, 1.54) is 0 Å². The molecule has 1 heteroatoms. The van der Waals surface area contributed by atoms with E-state index in [-0.39, 0.29) is 5.92 Å². The smallest absolute Gasteiger partial charge is 0.161 e. The summed E-state index contributed by atoms with van der Waals surface area (Å²) in [5.41, 5.74) is 1.03. The van der Waals surface area contributed by atoms with Crippen molar-refractivity contribution in [2.75, 3.05) is 0 Å². The fourth-order valence-electron chi connectivity index (χ4n) is 1.95. The van der Waals surface area contributed by atoms with Crippen molar-refractivity contribution < 1.29 is 4.79 Å². The van der Waals surface area contributed by atoms with Crippen LogP contribution >= 0.6 is 0 Å². The first-order chi connectivity index (χ1) is 8.22. The van der Waals surface area contributed by atoms with Crippen molar-refractivity contribution in [2.45, 2.75) is 52.4 Å². The Bertz CT molecular complexity index is 318. The largest absolute Gasteiger partial charge is 0.294 e. The molecule has 0 fully saturated rings. The maximum atomic E-state index is 12.0. The van der Waals surface area contributed by atoms with Gasteiger partial charge in [0.2, 0.25) is 0 Å². The Balaban J connectivity index is 2.67. The summed E-state index contributed by atoms with van der Waals surface area (Å²) in [5, 5.41) is 0. The SMILES string of the molecule is CC(C)C(=O)C1=CCCC=CCCC=CCC1. The van der Waals surface area contributed by atoms with Gasteiger partial charge in [0.1, 0.15) is 0 Å². The van der Waals surface area contributed by atoms with E-state index in [0.29, 0.717) is 5.78 Å². The van der Waals surface area contributed by atoms with Crippen LogP contribution in [0.2, 0.25) is 0 Å². The Labute approximate surface area is 105 Å². The van der Waals surface area contributed by atoms with Gasteiger partial charge < -0.3 is 0 Å². The summed E-state index contributed by atoms with van der Waals surface area (Å²) in [4.78, 5) is 12.0. The standard InChI is InChI=1S/C16H24O/c1-14(2)16(17)15-12-10-8-6-4-3-5-7-9-11-13-15/h4,6-7,9,12,14H,3,5,8,10-11,13H2,1-2H3. The van der Waals surface area contributed by atoms with Crippen molar-refractivity contribution in [2.24, 2.45) is 5.92 Å². The van der Waals surface area contributed by atoms with E-state index in [1.54, 1.807) is 0 Å². The minimum atomic E-state index is 0.119. The Morgan fingerprint density at radius 1 is 0.941 bits per heavy atom. The molecular weight excluding hydrogens is 208 g/mol. The zero-order chi connectivity index (χ0) is 12.5. The lowest BCUT2D eigenvalue weighted by molar-refractivity contribution is -0.118. The fraction of sp³-hybridized carbons (Fsp3) is 0.562. The second-order valence-corrected chi connectivity index (χ2v) is 4.88. The first-order valence-electron chi connectivity index (χ1n) is 6.75. The van der Waals surface area contributed by atoms with Gasteiger partial charge >= 0.3 is 0 Å². The minimum absolute atomic E-state index is 0.119. The van der Waals surface area contributed by atoms with Gasteiger partial charge in [0, 0.05) is 5.92 Å². The highest BCUT2D eigenvalue weighted by molar-refractivity contribution is 5.96. The number of ketones is 1. The van der Waals surface area contributed by atoms with E-state index < -0.39 is 0 Å². The third-order valence-electron chi connectivity index (χ3n) is 2.98. The van der Waals surface area contributed by atoms with Gasteiger partial charge in [-0.05, 0) is 44.1 Å². The summed E-state index contributed by atoms with van der Waals surface area (Å²) in [6, 6.07) is 0. The van der Waals surface area contributed by atoms with Gasteiger partial charge in [-0.25, -0.2) is 0 Å². The van der Waals surface area contributed by atoms with Crippen LogP contribution in [0.1, 0.15) is 52.4 Å². The first-order valence-corrected chi connectivity index (χ1v) is 6.75. The number of carbonyl (C=O) groups is 1. The molecule has 1 aliphatic carbocycles. The molecule has 0 aromatic heterocycles. The van der Waals surface area contributed by atoms with E-state index in [9.17, 15) is 4.79 Å². The van der Waals surface area contributed by atoms with Crippen molar-refractivity contribution in [3.8, 4) is 0 Å². The molecule has 0 saturated heterocycles. The molecule has 17 heavy (non-hydrogen) atoms. The quantitative estimate of drug-likeness (QED) is 0.636. The summed E-state index contributed by atoms with van der Waals surface area (Å²) in [7, 11) is 0. The highest BCUT2D eigenvalue weighted by atomic mass is 16.1. The van der Waals surface area contributed by atoms with Gasteiger partial charge in [-0.1, -0.05) is 44.2 Å². The minimum Gasteiger partial charge on any atom is -0.294 e. The lowest BCUT2D eigenvalue weighted by Crippen LogP contribution is -2.10. The Hall–Kier alpha value is -1.11. The summed E-state index contributed by atoms with van der Waals surface area (Å²) >= 11 is 0. The predicted octanol–water partition coefficient (Wildman–Crippen LogP) is 4.60. The molecule has 0 radical (unpaired) electrons. The van der Waals surface area contributed by atoms with Crippen LogP contribution < -0.4 is 0 Å². The van der Waals surface area contributed by atoms with E-state index in [0.717, 1.165) is 44.1 Å². The molecule has 1 rings (SSSR count). The van der Waals surface area contributed by atoms with Crippen LogP contribution in [0.3, 0.4) is 0 Å². The van der Waals surface area contributed by atoms with Gasteiger partial charge in [0.05, 0.1) is 0 Å². The molecule has 0 heterocycles. The zero-order valence-electron chi connectivity index (χ0n) is 11.1. The van der Waals surface area contributed by atoms with Crippen molar-refractivity contribution in [3.05, 3.63) is 36.0 Å². The monoisotopic (exact) mass is 232 g/mol. The van der Waals surface area contributed by atoms with Gasteiger partial charge in [0.25, 0.3) is 0 Å². The van der Waals surface area contributed by atoms with Crippen LogP contribution in [0.15, 0.2) is 36.0 Å². The Kier molecular flexibility index (Phi) is 6.61. The highest BCUT2D eigenvalue weighted by Crippen LogP contribution is 2.15. The highest BCUT2D eigenvalue weighted by Gasteiger charge is 2.12.